The number of aliphatic hydroxyl groups excluding tert-OH is 2. The first-order chi connectivity index (χ1) is 18.6. The number of rotatable bonds is 6. The number of para-hydroxylation sites is 1. The largest absolute Gasteiger partial charge is 0.554 e. The Morgan fingerprint density at radius 1 is 1.10 bits per heavy atom. The highest BCUT2D eigenvalue weighted by molar-refractivity contribution is 5.83. The zero-order valence-electron chi connectivity index (χ0n) is 21.9. The number of carbonyl (C=O) groups excluding carboxylic acids is 1. The number of nitrogens with one attached hydrogen (secondary N) is 3. The minimum Gasteiger partial charge on any atom is -0.554 e. The number of nitrogens with zero attached hydrogens (tertiary/aromatic N) is 3. The topological polar surface area (TPSA) is 178 Å². The van der Waals surface area contributed by atoms with E-state index in [0.717, 1.165) is 22.3 Å². The quantitative estimate of drug-likeness (QED) is 0.227. The van der Waals surface area contributed by atoms with Gasteiger partial charge in [-0.2, -0.15) is 0 Å². The molecule has 0 bridgehead atoms. The van der Waals surface area contributed by atoms with Crippen LogP contribution in [0.4, 0.5) is 17.5 Å². The molecule has 0 amide bonds. The van der Waals surface area contributed by atoms with E-state index in [1.807, 2.05) is 61.7 Å². The number of pyridine rings is 2. The van der Waals surface area contributed by atoms with E-state index in [4.69, 9.17) is 19.9 Å². The van der Waals surface area contributed by atoms with Crippen LogP contribution in [0.25, 0.3) is 22.2 Å². The molecule has 1 aliphatic rings. The number of hydrogen-bond acceptors (Lipinski definition) is 10. The van der Waals surface area contributed by atoms with Gasteiger partial charge in [0.2, 0.25) is 5.82 Å². The molecule has 11 nitrogen and oxygen atoms in total. The Balaban J connectivity index is 0.00000112. The van der Waals surface area contributed by atoms with E-state index < -0.39 is 36.2 Å². The van der Waals surface area contributed by atoms with Gasteiger partial charge >= 0.3 is 5.95 Å². The summed E-state index contributed by atoms with van der Waals surface area (Å²) in [6.07, 6.45) is 1.79. The lowest BCUT2D eigenvalue weighted by atomic mass is 9.88. The summed E-state index contributed by atoms with van der Waals surface area (Å²) in [5, 5.41) is 47.8. The van der Waals surface area contributed by atoms with Crippen LogP contribution in [0.1, 0.15) is 26.0 Å². The number of anilines is 3. The van der Waals surface area contributed by atoms with Gasteiger partial charge in [0.05, 0.1) is 40.7 Å². The Labute approximate surface area is 225 Å². The molecule has 204 valence electrons. The maximum Gasteiger partial charge on any atom is 0.396 e. The zero-order chi connectivity index (χ0) is 28.2. The van der Waals surface area contributed by atoms with Crippen molar-refractivity contribution in [2.75, 3.05) is 10.6 Å². The second-order valence-electron chi connectivity index (χ2n) is 10.0. The SMILES string of the molecule is Cc1cc(Nc2nc(N[C@@H]3C[C@H](C(C)(C)O)[C@@H](O)[C@H]3O)c(-c3ccc4ccccc4n3)c[nH+]2)ccn1.O=C[O-]. The molecule has 4 atom stereocenters. The van der Waals surface area contributed by atoms with Gasteiger partial charge in [0, 0.05) is 29.7 Å². The molecule has 0 spiro atoms. The van der Waals surface area contributed by atoms with Gasteiger partial charge in [0.1, 0.15) is 11.8 Å². The van der Waals surface area contributed by atoms with E-state index in [2.05, 4.69) is 20.6 Å². The molecule has 3 heterocycles. The number of carbonyl (C=O) groups is 1. The highest BCUT2D eigenvalue weighted by atomic mass is 16.3. The van der Waals surface area contributed by atoms with Crippen molar-refractivity contribution in [2.45, 2.75) is 51.0 Å². The van der Waals surface area contributed by atoms with E-state index in [1.165, 1.54) is 0 Å². The molecular formula is C28H32N6O5. The third kappa shape index (κ3) is 6.45. The van der Waals surface area contributed by atoms with Gasteiger partial charge in [-0.15, -0.1) is 0 Å². The molecule has 1 fully saturated rings. The minimum atomic E-state index is -1.14. The second-order valence-corrected chi connectivity index (χ2v) is 10.0. The van der Waals surface area contributed by atoms with Crippen molar-refractivity contribution in [2.24, 2.45) is 5.92 Å². The van der Waals surface area contributed by atoms with Crippen LogP contribution in [0.5, 0.6) is 0 Å². The number of fused-ring (bicyclic) bond motifs is 1. The molecular weight excluding hydrogens is 500 g/mol. The summed E-state index contributed by atoms with van der Waals surface area (Å²) < 4.78 is 0. The number of benzene rings is 1. The van der Waals surface area contributed by atoms with Gasteiger partial charge in [0.25, 0.3) is 0 Å². The lowest BCUT2D eigenvalue weighted by Crippen LogP contribution is -2.40. The van der Waals surface area contributed by atoms with Crippen molar-refractivity contribution < 1.29 is 30.2 Å². The van der Waals surface area contributed by atoms with E-state index in [1.54, 1.807) is 20.0 Å². The van der Waals surface area contributed by atoms with Gasteiger partial charge in [-0.25, -0.2) is 15.3 Å². The lowest BCUT2D eigenvalue weighted by Gasteiger charge is -2.28. The molecule has 0 saturated heterocycles. The van der Waals surface area contributed by atoms with E-state index in [-0.39, 0.29) is 0 Å². The number of aliphatic hydroxyl groups is 3. The molecule has 4 aromatic rings. The van der Waals surface area contributed by atoms with Gasteiger partial charge < -0.3 is 30.5 Å². The zero-order valence-corrected chi connectivity index (χ0v) is 21.9. The van der Waals surface area contributed by atoms with Crippen LogP contribution in [0, 0.1) is 12.8 Å². The van der Waals surface area contributed by atoms with Crippen LogP contribution in [-0.2, 0) is 4.79 Å². The second kappa shape index (κ2) is 11.7. The minimum absolute atomic E-state index is 0.378. The Morgan fingerprint density at radius 2 is 1.85 bits per heavy atom. The van der Waals surface area contributed by atoms with Crippen molar-refractivity contribution >= 4 is 34.8 Å². The highest BCUT2D eigenvalue weighted by Gasteiger charge is 2.48. The number of H-pyrrole nitrogens is 1. The number of hydrogen-bond donors (Lipinski definition) is 5. The maximum atomic E-state index is 10.8. The summed E-state index contributed by atoms with van der Waals surface area (Å²) in [5.74, 6) is 0.497. The average molecular weight is 533 g/mol. The van der Waals surface area contributed by atoms with E-state index in [9.17, 15) is 15.3 Å². The summed E-state index contributed by atoms with van der Waals surface area (Å²) >= 11 is 0. The first-order valence-corrected chi connectivity index (χ1v) is 12.5. The third-order valence-electron chi connectivity index (χ3n) is 6.78. The maximum absolute atomic E-state index is 10.8. The van der Waals surface area contributed by atoms with E-state index in [0.29, 0.717) is 29.4 Å². The summed E-state index contributed by atoms with van der Waals surface area (Å²) in [7, 11) is 0. The smallest absolute Gasteiger partial charge is 0.396 e. The summed E-state index contributed by atoms with van der Waals surface area (Å²) in [6, 6.07) is 15.1. The standard InChI is InChI=1S/C27H30N6O3.CH2O2/c1-15-12-17(10-11-28-15)30-26-29-14-18(21-9-8-16-6-4-5-7-20(16)31-21)25(33-26)32-22-13-19(27(2,3)36)23(34)24(22)35;2-1-3/h4-12,14,19,22-24,34-36H,13H2,1-3H3,(H2,28,29,30,32,33);1H,(H,2,3)/t19-,22+,23+,24-;/m0./s1. The molecule has 0 aliphatic heterocycles. The molecule has 0 unspecified atom stereocenters. The van der Waals surface area contributed by atoms with Crippen molar-refractivity contribution in [3.63, 3.8) is 0 Å². The number of aromatic amines is 1. The fourth-order valence-electron chi connectivity index (χ4n) is 4.81. The Morgan fingerprint density at radius 3 is 2.54 bits per heavy atom. The normalized spacial score (nSPS) is 20.7. The van der Waals surface area contributed by atoms with Crippen LogP contribution in [0.3, 0.4) is 0 Å². The molecule has 11 heteroatoms. The van der Waals surface area contributed by atoms with Crippen LogP contribution < -0.4 is 20.7 Å². The predicted octanol–water partition coefficient (Wildman–Crippen LogP) is 1.22. The third-order valence-corrected chi connectivity index (χ3v) is 6.78. The van der Waals surface area contributed by atoms with Crippen LogP contribution >= 0.6 is 0 Å². The molecule has 1 aromatic carbocycles. The molecule has 3 aromatic heterocycles. The fourth-order valence-corrected chi connectivity index (χ4v) is 4.81. The summed E-state index contributed by atoms with van der Waals surface area (Å²) in [4.78, 5) is 25.3. The predicted molar refractivity (Wildman–Crippen MR) is 144 cm³/mol. The van der Waals surface area contributed by atoms with Crippen LogP contribution in [0.2, 0.25) is 0 Å². The Hall–Kier alpha value is -4.19. The summed E-state index contributed by atoms with van der Waals surface area (Å²) in [5.41, 5.74) is 2.84. The van der Waals surface area contributed by atoms with Gasteiger partial charge in [-0.05, 0) is 51.5 Å². The van der Waals surface area contributed by atoms with Gasteiger partial charge in [-0.3, -0.25) is 4.98 Å². The number of aromatic nitrogens is 4. The molecule has 1 saturated carbocycles. The molecule has 5 rings (SSSR count). The molecule has 0 radical (unpaired) electrons. The fraction of sp³-hybridized carbons (Fsp3) is 0.321. The monoisotopic (exact) mass is 532 g/mol. The van der Waals surface area contributed by atoms with Crippen LogP contribution in [-0.4, -0.2) is 60.6 Å². The average Bonchev–Trinajstić information content (AvgIpc) is 3.18. The number of carboxylic acid groups (broad SMARTS) is 1. The van der Waals surface area contributed by atoms with E-state index >= 15 is 0 Å². The van der Waals surface area contributed by atoms with Crippen LogP contribution in [0.15, 0.2) is 60.9 Å². The van der Waals surface area contributed by atoms with Crippen molar-refractivity contribution in [3.05, 3.63) is 66.6 Å². The van der Waals surface area contributed by atoms with Crippen molar-refractivity contribution in [1.29, 1.82) is 0 Å². The van der Waals surface area contributed by atoms with Crippen molar-refractivity contribution in [3.8, 4) is 11.3 Å². The van der Waals surface area contributed by atoms with Gasteiger partial charge in [-0.1, -0.05) is 29.2 Å². The lowest BCUT2D eigenvalue weighted by molar-refractivity contribution is -0.363. The Kier molecular flexibility index (Phi) is 8.34. The molecule has 1 aliphatic carbocycles. The van der Waals surface area contributed by atoms with Crippen molar-refractivity contribution in [1.82, 2.24) is 15.0 Å². The first-order valence-electron chi connectivity index (χ1n) is 12.5. The molecule has 39 heavy (non-hydrogen) atoms. The van der Waals surface area contributed by atoms with Gasteiger partial charge in [0.15, 0.2) is 0 Å². The molecule has 6 N–H and O–H groups in total. The highest BCUT2D eigenvalue weighted by Crippen LogP contribution is 2.37. The first kappa shape index (κ1) is 27.8. The Bertz CT molecular complexity index is 1440. The number of aryl methyl sites for hydroxylation is 1. The summed E-state index contributed by atoms with van der Waals surface area (Å²) in [6.45, 7) is 4.71.